The number of aromatic hydroxyl groups is 1. The number of sulfonamides is 1. The topological polar surface area (TPSA) is 60.9 Å². The summed E-state index contributed by atoms with van der Waals surface area (Å²) in [6.07, 6.45) is -4.75. The summed E-state index contributed by atoms with van der Waals surface area (Å²) < 4.78 is 66.0. The molecule has 0 saturated carbocycles. The SMILES string of the molecule is O=S(=O)(c1ccccc1C(F)(F)F)N1CCN(c2ccccc2O)CC1. The first-order chi connectivity index (χ1) is 12.2. The Kier molecular flexibility index (Phi) is 4.85. The summed E-state index contributed by atoms with van der Waals surface area (Å²) in [5.74, 6) is 0.0752. The number of phenols is 1. The number of alkyl halides is 3. The molecule has 0 unspecified atom stereocenters. The third-order valence-corrected chi connectivity index (χ3v) is 6.23. The molecule has 9 heteroatoms. The van der Waals surface area contributed by atoms with Crippen LogP contribution in [0.25, 0.3) is 0 Å². The van der Waals surface area contributed by atoms with E-state index in [9.17, 15) is 26.7 Å². The third kappa shape index (κ3) is 3.49. The maximum Gasteiger partial charge on any atom is 0.417 e. The summed E-state index contributed by atoms with van der Waals surface area (Å²) >= 11 is 0. The number of benzene rings is 2. The van der Waals surface area contributed by atoms with Gasteiger partial charge in [-0.15, -0.1) is 0 Å². The molecule has 1 N–H and O–H groups in total. The molecule has 0 aromatic heterocycles. The highest BCUT2D eigenvalue weighted by molar-refractivity contribution is 7.89. The number of halogens is 3. The minimum atomic E-state index is -4.75. The van der Waals surface area contributed by atoms with Gasteiger partial charge < -0.3 is 10.0 Å². The second-order valence-corrected chi connectivity index (χ2v) is 7.78. The standard InChI is InChI=1S/C17H17F3N2O3S/c18-17(19,20)13-5-1-4-8-16(13)26(24,25)22-11-9-21(10-12-22)14-6-2-3-7-15(14)23/h1-8,23H,9-12H2. The van der Waals surface area contributed by atoms with Gasteiger partial charge in [0.25, 0.3) is 0 Å². The van der Waals surface area contributed by atoms with E-state index in [0.29, 0.717) is 5.69 Å². The zero-order chi connectivity index (χ0) is 18.9. The molecule has 1 heterocycles. The van der Waals surface area contributed by atoms with Gasteiger partial charge >= 0.3 is 6.18 Å². The lowest BCUT2D eigenvalue weighted by molar-refractivity contribution is -0.139. The molecule has 0 bridgehead atoms. The molecule has 1 fully saturated rings. The highest BCUT2D eigenvalue weighted by Crippen LogP contribution is 2.35. The lowest BCUT2D eigenvalue weighted by Gasteiger charge is -2.35. The zero-order valence-corrected chi connectivity index (χ0v) is 14.5. The van der Waals surface area contributed by atoms with Crippen LogP contribution >= 0.6 is 0 Å². The number of para-hydroxylation sites is 2. The van der Waals surface area contributed by atoms with Crippen molar-refractivity contribution >= 4 is 15.7 Å². The minimum Gasteiger partial charge on any atom is -0.506 e. The molecule has 0 radical (unpaired) electrons. The van der Waals surface area contributed by atoms with Gasteiger partial charge in [-0.2, -0.15) is 17.5 Å². The molecule has 2 aromatic carbocycles. The number of piperazine rings is 1. The van der Waals surface area contributed by atoms with Crippen molar-refractivity contribution in [2.45, 2.75) is 11.1 Å². The molecule has 0 atom stereocenters. The normalized spacial score (nSPS) is 16.7. The summed E-state index contributed by atoms with van der Waals surface area (Å²) in [5.41, 5.74) is -0.594. The van der Waals surface area contributed by atoms with Crippen LogP contribution in [0.4, 0.5) is 18.9 Å². The smallest absolute Gasteiger partial charge is 0.417 e. The van der Waals surface area contributed by atoms with E-state index in [1.165, 1.54) is 12.1 Å². The largest absolute Gasteiger partial charge is 0.506 e. The van der Waals surface area contributed by atoms with E-state index < -0.39 is 26.7 Å². The molecular weight excluding hydrogens is 369 g/mol. The van der Waals surface area contributed by atoms with Gasteiger partial charge in [0.15, 0.2) is 0 Å². The average Bonchev–Trinajstić information content (AvgIpc) is 2.61. The number of hydrogen-bond acceptors (Lipinski definition) is 4. The zero-order valence-electron chi connectivity index (χ0n) is 13.6. The minimum absolute atomic E-state index is 0.0306. The highest BCUT2D eigenvalue weighted by Gasteiger charge is 2.39. The second kappa shape index (κ2) is 6.81. The van der Waals surface area contributed by atoms with Crippen molar-refractivity contribution in [1.82, 2.24) is 4.31 Å². The lowest BCUT2D eigenvalue weighted by atomic mass is 10.2. The number of hydrogen-bond donors (Lipinski definition) is 1. The maximum atomic E-state index is 13.2. The number of anilines is 1. The van der Waals surface area contributed by atoms with Gasteiger partial charge in [-0.25, -0.2) is 8.42 Å². The molecule has 0 aliphatic carbocycles. The predicted molar refractivity (Wildman–Crippen MR) is 90.5 cm³/mol. The van der Waals surface area contributed by atoms with Crippen LogP contribution in [0.1, 0.15) is 5.56 Å². The van der Waals surface area contributed by atoms with E-state index >= 15 is 0 Å². The summed E-state index contributed by atoms with van der Waals surface area (Å²) in [6.45, 7) is 0.599. The summed E-state index contributed by atoms with van der Waals surface area (Å²) in [6, 6.07) is 10.8. The Labute approximate surface area is 149 Å². The summed E-state index contributed by atoms with van der Waals surface area (Å²) in [4.78, 5) is 1.07. The van der Waals surface area contributed by atoms with Crippen LogP contribution in [0.3, 0.4) is 0 Å². The molecular formula is C17H17F3N2O3S. The Morgan fingerprint density at radius 1 is 0.885 bits per heavy atom. The first kappa shape index (κ1) is 18.5. The van der Waals surface area contributed by atoms with E-state index in [0.717, 1.165) is 22.5 Å². The quantitative estimate of drug-likeness (QED) is 0.881. The van der Waals surface area contributed by atoms with Crippen molar-refractivity contribution in [3.63, 3.8) is 0 Å². The van der Waals surface area contributed by atoms with Crippen molar-refractivity contribution in [2.24, 2.45) is 0 Å². The van der Waals surface area contributed by atoms with Gasteiger partial charge in [0.1, 0.15) is 5.75 Å². The molecule has 5 nitrogen and oxygen atoms in total. The number of nitrogens with zero attached hydrogens (tertiary/aromatic N) is 2. The van der Waals surface area contributed by atoms with E-state index in [4.69, 9.17) is 0 Å². The molecule has 0 spiro atoms. The van der Waals surface area contributed by atoms with Gasteiger partial charge in [-0.05, 0) is 24.3 Å². The number of rotatable bonds is 3. The molecule has 3 rings (SSSR count). The molecule has 2 aromatic rings. The highest BCUT2D eigenvalue weighted by atomic mass is 32.2. The summed E-state index contributed by atoms with van der Waals surface area (Å²) in [5, 5.41) is 9.89. The third-order valence-electron chi connectivity index (χ3n) is 4.27. The second-order valence-electron chi connectivity index (χ2n) is 5.87. The van der Waals surface area contributed by atoms with Gasteiger partial charge in [-0.3, -0.25) is 0 Å². The fraction of sp³-hybridized carbons (Fsp3) is 0.294. The van der Waals surface area contributed by atoms with Crippen molar-refractivity contribution in [3.05, 3.63) is 54.1 Å². The average molecular weight is 386 g/mol. The van der Waals surface area contributed by atoms with Crippen LogP contribution in [0, 0.1) is 0 Å². The fourth-order valence-corrected chi connectivity index (χ4v) is 4.60. The Hall–Kier alpha value is -2.26. The predicted octanol–water partition coefficient (Wildman–Crippen LogP) is 2.92. The van der Waals surface area contributed by atoms with Crippen LogP contribution in [0.15, 0.2) is 53.4 Å². The molecule has 140 valence electrons. The van der Waals surface area contributed by atoms with Crippen molar-refractivity contribution < 1.29 is 26.7 Å². The van der Waals surface area contributed by atoms with E-state index in [1.54, 1.807) is 23.1 Å². The number of phenolic OH excluding ortho intramolecular Hbond substituents is 1. The van der Waals surface area contributed by atoms with Crippen LogP contribution < -0.4 is 4.90 Å². The molecule has 1 aliphatic heterocycles. The van der Waals surface area contributed by atoms with Crippen molar-refractivity contribution in [3.8, 4) is 5.75 Å². The maximum absolute atomic E-state index is 13.2. The van der Waals surface area contributed by atoms with Crippen LogP contribution in [0.2, 0.25) is 0 Å². The van der Waals surface area contributed by atoms with E-state index in [1.807, 2.05) is 0 Å². The fourth-order valence-electron chi connectivity index (χ4n) is 2.97. The van der Waals surface area contributed by atoms with E-state index in [2.05, 4.69) is 0 Å². The first-order valence-electron chi connectivity index (χ1n) is 7.90. The van der Waals surface area contributed by atoms with Crippen molar-refractivity contribution in [1.29, 1.82) is 0 Å². The van der Waals surface area contributed by atoms with E-state index in [-0.39, 0.29) is 31.9 Å². The Morgan fingerprint density at radius 3 is 2.08 bits per heavy atom. The molecule has 26 heavy (non-hydrogen) atoms. The van der Waals surface area contributed by atoms with Gasteiger partial charge in [-0.1, -0.05) is 24.3 Å². The lowest BCUT2D eigenvalue weighted by Crippen LogP contribution is -2.49. The first-order valence-corrected chi connectivity index (χ1v) is 9.34. The molecule has 0 amide bonds. The Bertz CT molecular complexity index is 892. The van der Waals surface area contributed by atoms with Crippen LogP contribution in [-0.4, -0.2) is 44.0 Å². The van der Waals surface area contributed by atoms with Gasteiger partial charge in [0, 0.05) is 26.2 Å². The molecule has 1 aliphatic rings. The van der Waals surface area contributed by atoms with Crippen LogP contribution in [-0.2, 0) is 16.2 Å². The monoisotopic (exact) mass is 386 g/mol. The Morgan fingerprint density at radius 2 is 1.46 bits per heavy atom. The van der Waals surface area contributed by atoms with Gasteiger partial charge in [0.05, 0.1) is 16.1 Å². The Balaban J connectivity index is 1.83. The van der Waals surface area contributed by atoms with Crippen molar-refractivity contribution in [2.75, 3.05) is 31.1 Å². The van der Waals surface area contributed by atoms with Gasteiger partial charge in [0.2, 0.25) is 10.0 Å². The van der Waals surface area contributed by atoms with Crippen LogP contribution in [0.5, 0.6) is 5.75 Å². The summed E-state index contributed by atoms with van der Waals surface area (Å²) in [7, 11) is -4.27. The molecule has 1 saturated heterocycles.